The van der Waals surface area contributed by atoms with Crippen LogP contribution in [0.15, 0.2) is 0 Å². The molecule has 0 heterocycles. The highest BCUT2D eigenvalue weighted by atomic mass is 31.1. The second kappa shape index (κ2) is 12.5. The van der Waals surface area contributed by atoms with Gasteiger partial charge in [0.25, 0.3) is 0 Å². The van der Waals surface area contributed by atoms with Gasteiger partial charge < -0.3 is 0 Å². The molecule has 0 atom stereocenters. The van der Waals surface area contributed by atoms with E-state index >= 15 is 0 Å². The molecule has 0 aromatic carbocycles. The molecule has 0 radical (unpaired) electrons. The van der Waals surface area contributed by atoms with Crippen LogP contribution in [0.2, 0.25) is 0 Å². The van der Waals surface area contributed by atoms with Crippen molar-refractivity contribution in [3.8, 4) is 0 Å². The van der Waals surface area contributed by atoms with E-state index < -0.39 is 0 Å². The number of unbranched alkanes of at least 4 members (excludes halogenated alkanes) is 9. The summed E-state index contributed by atoms with van der Waals surface area (Å²) in [5.41, 5.74) is 0. The molecule has 0 fully saturated rings. The maximum Gasteiger partial charge on any atom is -0.0331 e. The molecule has 92 valence electrons. The van der Waals surface area contributed by atoms with Crippen molar-refractivity contribution in [2.75, 3.05) is 19.5 Å². The molecule has 0 spiro atoms. The molecule has 0 saturated carbocycles. The highest BCUT2D eigenvalue weighted by molar-refractivity contribution is 7.55. The van der Waals surface area contributed by atoms with Crippen molar-refractivity contribution in [3.05, 3.63) is 0 Å². The SMILES string of the molecule is CCCCCCCCCCCCP(C)C. The van der Waals surface area contributed by atoms with Crippen LogP contribution < -0.4 is 0 Å². The van der Waals surface area contributed by atoms with Crippen LogP contribution in [0.4, 0.5) is 0 Å². The van der Waals surface area contributed by atoms with Crippen molar-refractivity contribution >= 4 is 7.92 Å². The van der Waals surface area contributed by atoms with Gasteiger partial charge in [-0.15, -0.1) is 7.92 Å². The van der Waals surface area contributed by atoms with E-state index in [2.05, 4.69) is 20.3 Å². The number of rotatable bonds is 11. The minimum absolute atomic E-state index is 0.365. The zero-order valence-electron chi connectivity index (χ0n) is 11.2. The molecule has 0 amide bonds. The summed E-state index contributed by atoms with van der Waals surface area (Å²) < 4.78 is 0. The third-order valence-electron chi connectivity index (χ3n) is 2.96. The molecular formula is C14H31P. The molecular weight excluding hydrogens is 199 g/mol. The highest BCUT2D eigenvalue weighted by Crippen LogP contribution is 2.26. The van der Waals surface area contributed by atoms with Gasteiger partial charge in [-0.2, -0.15) is 0 Å². The lowest BCUT2D eigenvalue weighted by atomic mass is 10.1. The van der Waals surface area contributed by atoms with Crippen LogP contribution in [0.25, 0.3) is 0 Å². The Kier molecular flexibility index (Phi) is 12.9. The maximum absolute atomic E-state index is 2.39. The van der Waals surface area contributed by atoms with E-state index in [-0.39, 0.29) is 0 Å². The van der Waals surface area contributed by atoms with Crippen molar-refractivity contribution < 1.29 is 0 Å². The Morgan fingerprint density at radius 2 is 1.00 bits per heavy atom. The summed E-state index contributed by atoms with van der Waals surface area (Å²) in [6.45, 7) is 7.07. The Bertz CT molecular complexity index is 110. The van der Waals surface area contributed by atoms with Gasteiger partial charge in [0.05, 0.1) is 0 Å². The Morgan fingerprint density at radius 1 is 0.600 bits per heavy atom. The van der Waals surface area contributed by atoms with E-state index in [1.54, 1.807) is 0 Å². The normalized spacial score (nSPS) is 11.2. The molecule has 0 unspecified atom stereocenters. The first kappa shape index (κ1) is 15.4. The molecule has 15 heavy (non-hydrogen) atoms. The molecule has 0 aromatic heterocycles. The lowest BCUT2D eigenvalue weighted by molar-refractivity contribution is 0.563. The van der Waals surface area contributed by atoms with Crippen molar-refractivity contribution in [1.82, 2.24) is 0 Å². The van der Waals surface area contributed by atoms with Crippen LogP contribution in [-0.2, 0) is 0 Å². The van der Waals surface area contributed by atoms with Crippen molar-refractivity contribution in [2.45, 2.75) is 71.1 Å². The first-order valence-corrected chi connectivity index (χ1v) is 9.34. The predicted octanol–water partition coefficient (Wildman–Crippen LogP) is 5.65. The van der Waals surface area contributed by atoms with Gasteiger partial charge in [-0.1, -0.05) is 64.7 Å². The van der Waals surface area contributed by atoms with Gasteiger partial charge in [-0.3, -0.25) is 0 Å². The number of hydrogen-bond acceptors (Lipinski definition) is 0. The van der Waals surface area contributed by atoms with Gasteiger partial charge >= 0.3 is 0 Å². The van der Waals surface area contributed by atoms with Gasteiger partial charge in [-0.05, 0) is 25.9 Å². The molecule has 0 aliphatic carbocycles. The first-order valence-electron chi connectivity index (χ1n) is 6.92. The van der Waals surface area contributed by atoms with Crippen molar-refractivity contribution in [2.24, 2.45) is 0 Å². The summed E-state index contributed by atoms with van der Waals surface area (Å²) in [4.78, 5) is 0. The minimum atomic E-state index is 0.365. The summed E-state index contributed by atoms with van der Waals surface area (Å²) in [7, 11) is 0.365. The molecule has 0 N–H and O–H groups in total. The van der Waals surface area contributed by atoms with Gasteiger partial charge in [0.15, 0.2) is 0 Å². The largest absolute Gasteiger partial charge is 0.113 e. The molecule has 1 heteroatoms. The van der Waals surface area contributed by atoms with E-state index in [0.29, 0.717) is 7.92 Å². The topological polar surface area (TPSA) is 0 Å². The summed E-state index contributed by atoms with van der Waals surface area (Å²) in [5, 5.41) is 0. The van der Waals surface area contributed by atoms with E-state index in [9.17, 15) is 0 Å². The fraction of sp³-hybridized carbons (Fsp3) is 1.00. The summed E-state index contributed by atoms with van der Waals surface area (Å²) in [6, 6.07) is 0. The van der Waals surface area contributed by atoms with E-state index in [4.69, 9.17) is 0 Å². The van der Waals surface area contributed by atoms with Crippen molar-refractivity contribution in [3.63, 3.8) is 0 Å². The van der Waals surface area contributed by atoms with Crippen LogP contribution in [0.1, 0.15) is 71.1 Å². The summed E-state index contributed by atoms with van der Waals surface area (Å²) in [5.74, 6) is 0. The van der Waals surface area contributed by atoms with E-state index in [0.717, 1.165) is 0 Å². The molecule has 0 aliphatic rings. The zero-order chi connectivity index (χ0) is 11.4. The standard InChI is InChI=1S/C14H31P/c1-4-5-6-7-8-9-10-11-12-13-14-15(2)3/h4-14H2,1-3H3. The third kappa shape index (κ3) is 14.4. The molecule has 0 saturated heterocycles. The van der Waals surface area contributed by atoms with Crippen LogP contribution >= 0.6 is 7.92 Å². The smallest absolute Gasteiger partial charge is 0.0331 e. The summed E-state index contributed by atoms with van der Waals surface area (Å²) >= 11 is 0. The summed E-state index contributed by atoms with van der Waals surface area (Å²) in [6.07, 6.45) is 16.1. The van der Waals surface area contributed by atoms with E-state index in [1.165, 1.54) is 70.4 Å². The predicted molar refractivity (Wildman–Crippen MR) is 75.5 cm³/mol. The van der Waals surface area contributed by atoms with Crippen LogP contribution in [-0.4, -0.2) is 19.5 Å². The Labute approximate surface area is 99.0 Å². The Hall–Kier alpha value is 0.430. The Balaban J connectivity index is 2.87. The minimum Gasteiger partial charge on any atom is -0.113 e. The quantitative estimate of drug-likeness (QED) is 0.318. The van der Waals surface area contributed by atoms with Crippen LogP contribution in [0.3, 0.4) is 0 Å². The van der Waals surface area contributed by atoms with E-state index in [1.807, 2.05) is 0 Å². The molecule has 0 nitrogen and oxygen atoms in total. The monoisotopic (exact) mass is 230 g/mol. The molecule has 0 aliphatic heterocycles. The second-order valence-electron chi connectivity index (χ2n) is 4.99. The molecule has 0 rings (SSSR count). The van der Waals surface area contributed by atoms with Gasteiger partial charge in [0.2, 0.25) is 0 Å². The fourth-order valence-corrected chi connectivity index (χ4v) is 2.77. The first-order chi connectivity index (χ1) is 7.27. The zero-order valence-corrected chi connectivity index (χ0v) is 12.1. The lowest BCUT2D eigenvalue weighted by Crippen LogP contribution is -1.84. The second-order valence-corrected chi connectivity index (χ2v) is 7.59. The molecule has 0 bridgehead atoms. The van der Waals surface area contributed by atoms with Crippen LogP contribution in [0.5, 0.6) is 0 Å². The third-order valence-corrected chi connectivity index (χ3v) is 4.17. The fourth-order valence-electron chi connectivity index (χ4n) is 1.92. The van der Waals surface area contributed by atoms with Crippen molar-refractivity contribution in [1.29, 1.82) is 0 Å². The lowest BCUT2D eigenvalue weighted by Gasteiger charge is -2.04. The average Bonchev–Trinajstić information content (AvgIpc) is 2.20. The van der Waals surface area contributed by atoms with Crippen LogP contribution in [0, 0.1) is 0 Å². The number of hydrogen-bond donors (Lipinski definition) is 0. The Morgan fingerprint density at radius 3 is 1.40 bits per heavy atom. The maximum atomic E-state index is 2.39. The highest BCUT2D eigenvalue weighted by Gasteiger charge is 1.94. The van der Waals surface area contributed by atoms with Gasteiger partial charge in [0, 0.05) is 0 Å². The van der Waals surface area contributed by atoms with Gasteiger partial charge in [-0.25, -0.2) is 0 Å². The van der Waals surface area contributed by atoms with Gasteiger partial charge in [0.1, 0.15) is 0 Å². The molecule has 0 aromatic rings. The average molecular weight is 230 g/mol.